The van der Waals surface area contributed by atoms with Crippen molar-refractivity contribution in [1.29, 1.82) is 0 Å². The van der Waals surface area contributed by atoms with E-state index in [1.54, 1.807) is 0 Å². The predicted molar refractivity (Wildman–Crippen MR) is 74.4 cm³/mol. The Morgan fingerprint density at radius 3 is 1.82 bits per heavy atom. The van der Waals surface area contributed by atoms with E-state index in [0.717, 1.165) is 0 Å². The molecule has 0 aromatic rings. The van der Waals surface area contributed by atoms with Crippen LogP contribution in [0.1, 0.15) is 41.0 Å². The Labute approximate surface area is 106 Å². The number of carbonyl (C=O) groups excluding carboxylic acids is 2. The number of Topliss-reactive ketones (excluding diaryl/α,β-unsaturated/α-hetero) is 2. The summed E-state index contributed by atoms with van der Waals surface area (Å²) in [6.07, 6.45) is 0.372. The quantitative estimate of drug-likeness (QED) is 0.439. The van der Waals surface area contributed by atoms with E-state index >= 15 is 0 Å². The van der Waals surface area contributed by atoms with Gasteiger partial charge in [-0.25, -0.2) is 0 Å². The normalized spacial score (nSPS) is 12.0. The third kappa shape index (κ3) is 4.87. The molecule has 0 radical (unpaired) electrons. The van der Waals surface area contributed by atoms with Crippen molar-refractivity contribution in [3.63, 3.8) is 0 Å². The molecule has 0 aliphatic carbocycles. The van der Waals surface area contributed by atoms with E-state index in [9.17, 15) is 9.59 Å². The molecule has 0 fully saturated rings. The zero-order valence-electron chi connectivity index (χ0n) is 12.1. The summed E-state index contributed by atoms with van der Waals surface area (Å²) in [5.74, 6) is 2.37. The van der Waals surface area contributed by atoms with Gasteiger partial charge in [-0.3, -0.25) is 9.59 Å². The van der Waals surface area contributed by atoms with Crippen molar-refractivity contribution in [2.24, 2.45) is 5.92 Å². The van der Waals surface area contributed by atoms with Gasteiger partial charge in [0.15, 0.2) is 0 Å². The van der Waals surface area contributed by atoms with Crippen LogP contribution in [0.15, 0.2) is 0 Å². The molecule has 0 saturated carbocycles. The molecule has 0 rings (SSSR count). The zero-order valence-corrected chi connectivity index (χ0v) is 13.1. The van der Waals surface area contributed by atoms with Crippen LogP contribution in [-0.4, -0.2) is 19.6 Å². The maximum Gasteiger partial charge on any atom is 0.141 e. The van der Waals surface area contributed by atoms with Crippen molar-refractivity contribution in [3.05, 3.63) is 0 Å². The molecular formula is C14H24O2Si. The summed E-state index contributed by atoms with van der Waals surface area (Å²) in [5, 5.41) is 0.210. The average Bonchev–Trinajstić information content (AvgIpc) is 2.08. The molecule has 0 atom stereocenters. The van der Waals surface area contributed by atoms with Crippen LogP contribution in [0.5, 0.6) is 0 Å². The van der Waals surface area contributed by atoms with Gasteiger partial charge >= 0.3 is 0 Å². The summed E-state index contributed by atoms with van der Waals surface area (Å²) in [7, 11) is -1.62. The topological polar surface area (TPSA) is 34.1 Å². The molecule has 0 saturated heterocycles. The number of rotatable bonds is 3. The Kier molecular flexibility index (Phi) is 5.34. The van der Waals surface area contributed by atoms with E-state index in [4.69, 9.17) is 0 Å². The van der Waals surface area contributed by atoms with Crippen LogP contribution in [0, 0.1) is 17.4 Å². The SMILES string of the molecule is CC(=O)C(CC#C[Si](C)(C)C(C)(C)C)C(C)=O. The van der Waals surface area contributed by atoms with Gasteiger partial charge in [-0.15, -0.1) is 11.5 Å². The Hall–Kier alpha value is -0.883. The first-order valence-electron chi connectivity index (χ1n) is 6.00. The fourth-order valence-electron chi connectivity index (χ4n) is 1.14. The first-order valence-corrected chi connectivity index (χ1v) is 9.00. The maximum atomic E-state index is 11.3. The molecule has 0 aromatic carbocycles. The van der Waals surface area contributed by atoms with Crippen LogP contribution in [0.2, 0.25) is 18.1 Å². The fourth-order valence-corrected chi connectivity index (χ4v) is 2.05. The summed E-state index contributed by atoms with van der Waals surface area (Å²) in [4.78, 5) is 22.5. The summed E-state index contributed by atoms with van der Waals surface area (Å²) < 4.78 is 0. The fraction of sp³-hybridized carbons (Fsp3) is 0.714. The molecule has 17 heavy (non-hydrogen) atoms. The van der Waals surface area contributed by atoms with Gasteiger partial charge in [0.1, 0.15) is 19.6 Å². The summed E-state index contributed by atoms with van der Waals surface area (Å²) in [6, 6.07) is 0. The van der Waals surface area contributed by atoms with Gasteiger partial charge in [0, 0.05) is 6.42 Å². The van der Waals surface area contributed by atoms with E-state index < -0.39 is 14.0 Å². The summed E-state index contributed by atoms with van der Waals surface area (Å²) in [5.41, 5.74) is 3.32. The molecule has 0 unspecified atom stereocenters. The number of carbonyl (C=O) groups is 2. The van der Waals surface area contributed by atoms with E-state index in [0.29, 0.717) is 6.42 Å². The predicted octanol–water partition coefficient (Wildman–Crippen LogP) is 3.22. The lowest BCUT2D eigenvalue weighted by Gasteiger charge is -2.31. The lowest BCUT2D eigenvalue weighted by atomic mass is 9.98. The maximum absolute atomic E-state index is 11.3. The van der Waals surface area contributed by atoms with Gasteiger partial charge in [-0.1, -0.05) is 33.9 Å². The van der Waals surface area contributed by atoms with Gasteiger partial charge in [0.05, 0.1) is 5.92 Å². The Bertz CT molecular complexity index is 350. The molecule has 3 heteroatoms. The van der Waals surface area contributed by atoms with Gasteiger partial charge in [0.25, 0.3) is 0 Å². The number of hydrogen-bond donors (Lipinski definition) is 0. The molecule has 0 heterocycles. The minimum absolute atomic E-state index is 0.0815. The highest BCUT2D eigenvalue weighted by Crippen LogP contribution is 2.35. The highest BCUT2D eigenvalue weighted by Gasteiger charge is 2.33. The molecule has 0 N–H and O–H groups in total. The second kappa shape index (κ2) is 5.64. The van der Waals surface area contributed by atoms with Gasteiger partial charge in [-0.05, 0) is 18.9 Å². The molecule has 96 valence electrons. The molecule has 2 nitrogen and oxygen atoms in total. The third-order valence-corrected chi connectivity index (χ3v) is 8.12. The average molecular weight is 252 g/mol. The van der Waals surface area contributed by atoms with Crippen LogP contribution < -0.4 is 0 Å². The number of ketones is 2. The lowest BCUT2D eigenvalue weighted by Crippen LogP contribution is -2.35. The van der Waals surface area contributed by atoms with Gasteiger partial charge < -0.3 is 0 Å². The van der Waals surface area contributed by atoms with Crippen LogP contribution in [-0.2, 0) is 9.59 Å². The van der Waals surface area contributed by atoms with E-state index in [1.807, 2.05) is 0 Å². The standard InChI is InChI=1S/C14H24O2Si/c1-11(15)13(12(2)16)9-8-10-17(6,7)14(3,4)5/h13H,9H2,1-7H3. The highest BCUT2D eigenvalue weighted by atomic mass is 28.3. The van der Waals surface area contributed by atoms with Crippen LogP contribution >= 0.6 is 0 Å². The Balaban J connectivity index is 4.79. The van der Waals surface area contributed by atoms with Crippen LogP contribution in [0.4, 0.5) is 0 Å². The Morgan fingerprint density at radius 2 is 1.53 bits per heavy atom. The van der Waals surface area contributed by atoms with Crippen molar-refractivity contribution in [1.82, 2.24) is 0 Å². The van der Waals surface area contributed by atoms with Crippen molar-refractivity contribution in [2.45, 2.75) is 59.2 Å². The first-order chi connectivity index (χ1) is 7.49. The number of hydrogen-bond acceptors (Lipinski definition) is 2. The zero-order chi connectivity index (χ0) is 13.9. The molecular weight excluding hydrogens is 228 g/mol. The first kappa shape index (κ1) is 16.1. The van der Waals surface area contributed by atoms with E-state index in [-0.39, 0.29) is 16.6 Å². The third-order valence-electron chi connectivity index (χ3n) is 3.56. The molecule has 0 bridgehead atoms. The monoisotopic (exact) mass is 252 g/mol. The van der Waals surface area contributed by atoms with Crippen molar-refractivity contribution < 1.29 is 9.59 Å². The van der Waals surface area contributed by atoms with E-state index in [1.165, 1.54) is 13.8 Å². The highest BCUT2D eigenvalue weighted by molar-refractivity contribution is 6.87. The molecule has 0 amide bonds. The summed E-state index contributed by atoms with van der Waals surface area (Å²) in [6.45, 7) is 13.9. The van der Waals surface area contributed by atoms with E-state index in [2.05, 4.69) is 45.3 Å². The molecule has 0 aliphatic rings. The van der Waals surface area contributed by atoms with Crippen LogP contribution in [0.3, 0.4) is 0 Å². The summed E-state index contributed by atoms with van der Waals surface area (Å²) >= 11 is 0. The largest absolute Gasteiger partial charge is 0.299 e. The minimum Gasteiger partial charge on any atom is -0.299 e. The van der Waals surface area contributed by atoms with Crippen molar-refractivity contribution in [2.75, 3.05) is 0 Å². The Morgan fingerprint density at radius 1 is 1.12 bits per heavy atom. The lowest BCUT2D eigenvalue weighted by molar-refractivity contribution is -0.130. The van der Waals surface area contributed by atoms with Crippen LogP contribution in [0.25, 0.3) is 0 Å². The second-order valence-corrected chi connectivity index (χ2v) is 11.2. The van der Waals surface area contributed by atoms with Crippen molar-refractivity contribution in [3.8, 4) is 11.5 Å². The second-order valence-electron chi connectivity index (χ2n) is 6.15. The molecule has 0 aliphatic heterocycles. The molecule has 0 aromatic heterocycles. The van der Waals surface area contributed by atoms with Crippen molar-refractivity contribution >= 4 is 19.6 Å². The molecule has 0 spiro atoms. The van der Waals surface area contributed by atoms with Gasteiger partial charge in [0.2, 0.25) is 0 Å². The van der Waals surface area contributed by atoms with Gasteiger partial charge in [-0.2, -0.15) is 0 Å². The minimum atomic E-state index is -1.62. The smallest absolute Gasteiger partial charge is 0.141 e.